The van der Waals surface area contributed by atoms with E-state index < -0.39 is 37.4 Å². The highest BCUT2D eigenvalue weighted by atomic mass is 32.2. The van der Waals surface area contributed by atoms with Crippen molar-refractivity contribution in [2.45, 2.75) is 31.2 Å². The molecule has 7 nitrogen and oxygen atoms in total. The number of hydrogen-bond donors (Lipinski definition) is 2. The van der Waals surface area contributed by atoms with Gasteiger partial charge in [0.15, 0.2) is 4.90 Å². The SMILES string of the molecule is CC(C)C[C@H](CN)NS(=O)(=O)c1c(F)cccc1[N+](=O)[O-]. The van der Waals surface area contributed by atoms with Crippen LogP contribution in [-0.2, 0) is 10.0 Å². The Morgan fingerprint density at radius 2 is 2.05 bits per heavy atom. The molecule has 0 spiro atoms. The van der Waals surface area contributed by atoms with Gasteiger partial charge in [0, 0.05) is 18.7 Å². The van der Waals surface area contributed by atoms with E-state index in [1.807, 2.05) is 13.8 Å². The van der Waals surface area contributed by atoms with Crippen LogP contribution in [0.1, 0.15) is 20.3 Å². The van der Waals surface area contributed by atoms with Crippen LogP contribution in [0, 0.1) is 21.8 Å². The van der Waals surface area contributed by atoms with E-state index in [9.17, 15) is 22.9 Å². The topological polar surface area (TPSA) is 115 Å². The Morgan fingerprint density at radius 1 is 1.43 bits per heavy atom. The number of halogens is 1. The van der Waals surface area contributed by atoms with Crippen LogP contribution in [0.3, 0.4) is 0 Å². The Bertz CT molecular complexity index is 619. The Balaban J connectivity index is 3.22. The summed E-state index contributed by atoms with van der Waals surface area (Å²) in [6.07, 6.45) is 0.442. The molecular formula is C12H18FN3O4S. The number of hydrogen-bond acceptors (Lipinski definition) is 5. The first-order valence-corrected chi connectivity index (χ1v) is 7.82. The minimum absolute atomic E-state index is 0.0136. The molecule has 118 valence electrons. The normalized spacial score (nSPS) is 13.4. The van der Waals surface area contributed by atoms with E-state index in [0.717, 1.165) is 18.2 Å². The summed E-state index contributed by atoms with van der Waals surface area (Å²) in [6.45, 7) is 3.77. The first-order valence-electron chi connectivity index (χ1n) is 6.34. The molecule has 0 radical (unpaired) electrons. The standard InChI is InChI=1S/C12H18FN3O4S/c1-8(2)6-9(7-14)15-21(19,20)12-10(13)4-3-5-11(12)16(17)18/h3-5,8-9,15H,6-7,14H2,1-2H3/t9-/m1/s1. The number of nitrogens with zero attached hydrogens (tertiary/aromatic N) is 1. The number of nitro groups is 1. The average molecular weight is 319 g/mol. The summed E-state index contributed by atoms with van der Waals surface area (Å²) >= 11 is 0. The number of benzene rings is 1. The van der Waals surface area contributed by atoms with Gasteiger partial charge in [-0.25, -0.2) is 17.5 Å². The molecule has 0 saturated carbocycles. The molecule has 0 amide bonds. The second-order valence-electron chi connectivity index (χ2n) is 5.03. The van der Waals surface area contributed by atoms with Gasteiger partial charge in [-0.15, -0.1) is 0 Å². The molecule has 0 aliphatic rings. The summed E-state index contributed by atoms with van der Waals surface area (Å²) in [5, 5.41) is 10.9. The zero-order valence-corrected chi connectivity index (χ0v) is 12.6. The van der Waals surface area contributed by atoms with Crippen molar-refractivity contribution < 1.29 is 17.7 Å². The van der Waals surface area contributed by atoms with Crippen LogP contribution in [0.2, 0.25) is 0 Å². The zero-order chi connectivity index (χ0) is 16.2. The molecule has 0 aromatic heterocycles. The Morgan fingerprint density at radius 3 is 2.52 bits per heavy atom. The van der Waals surface area contributed by atoms with Crippen LogP contribution in [0.4, 0.5) is 10.1 Å². The van der Waals surface area contributed by atoms with E-state index in [4.69, 9.17) is 5.73 Å². The van der Waals surface area contributed by atoms with Crippen molar-refractivity contribution in [3.8, 4) is 0 Å². The quantitative estimate of drug-likeness (QED) is 0.582. The van der Waals surface area contributed by atoms with Crippen LogP contribution in [0.5, 0.6) is 0 Å². The molecule has 1 atom stereocenters. The number of nitrogens with two attached hydrogens (primary N) is 1. The maximum Gasteiger partial charge on any atom is 0.292 e. The van der Waals surface area contributed by atoms with Crippen molar-refractivity contribution in [2.75, 3.05) is 6.54 Å². The maximum absolute atomic E-state index is 13.8. The summed E-state index contributed by atoms with van der Waals surface area (Å²) in [6, 6.07) is 2.27. The zero-order valence-electron chi connectivity index (χ0n) is 11.7. The molecule has 0 aliphatic carbocycles. The van der Waals surface area contributed by atoms with Crippen LogP contribution in [-0.4, -0.2) is 25.9 Å². The van der Waals surface area contributed by atoms with Gasteiger partial charge in [0.1, 0.15) is 5.82 Å². The molecule has 0 saturated heterocycles. The fourth-order valence-corrected chi connectivity index (χ4v) is 3.44. The number of nitro benzene ring substituents is 1. The predicted molar refractivity (Wildman–Crippen MR) is 75.7 cm³/mol. The fourth-order valence-electron chi connectivity index (χ4n) is 1.95. The highest BCUT2D eigenvalue weighted by Crippen LogP contribution is 2.26. The first-order chi connectivity index (χ1) is 9.69. The molecule has 0 bridgehead atoms. The average Bonchev–Trinajstić information content (AvgIpc) is 2.36. The second-order valence-corrected chi connectivity index (χ2v) is 6.68. The largest absolute Gasteiger partial charge is 0.329 e. The smallest absolute Gasteiger partial charge is 0.292 e. The lowest BCUT2D eigenvalue weighted by molar-refractivity contribution is -0.388. The molecule has 3 N–H and O–H groups in total. The number of sulfonamides is 1. The molecule has 0 aliphatic heterocycles. The van der Waals surface area contributed by atoms with Crippen molar-refractivity contribution in [3.05, 3.63) is 34.1 Å². The summed E-state index contributed by atoms with van der Waals surface area (Å²) < 4.78 is 40.4. The van der Waals surface area contributed by atoms with Gasteiger partial charge in [-0.2, -0.15) is 0 Å². The number of rotatable bonds is 7. The fraction of sp³-hybridized carbons (Fsp3) is 0.500. The van der Waals surface area contributed by atoms with Crippen molar-refractivity contribution in [1.29, 1.82) is 0 Å². The third kappa shape index (κ3) is 4.45. The van der Waals surface area contributed by atoms with Gasteiger partial charge >= 0.3 is 0 Å². The maximum atomic E-state index is 13.8. The minimum atomic E-state index is -4.37. The van der Waals surface area contributed by atoms with E-state index in [-0.39, 0.29) is 12.5 Å². The molecule has 0 heterocycles. The molecular weight excluding hydrogens is 301 g/mol. The van der Waals surface area contributed by atoms with Crippen LogP contribution >= 0.6 is 0 Å². The monoisotopic (exact) mass is 319 g/mol. The van der Waals surface area contributed by atoms with Crippen molar-refractivity contribution in [3.63, 3.8) is 0 Å². The summed E-state index contributed by atoms with van der Waals surface area (Å²) in [4.78, 5) is 8.98. The van der Waals surface area contributed by atoms with E-state index in [0.29, 0.717) is 6.42 Å². The van der Waals surface area contributed by atoms with Crippen molar-refractivity contribution in [2.24, 2.45) is 11.7 Å². The lowest BCUT2D eigenvalue weighted by Crippen LogP contribution is -2.41. The molecule has 1 rings (SSSR count). The molecule has 21 heavy (non-hydrogen) atoms. The van der Waals surface area contributed by atoms with Gasteiger partial charge in [-0.1, -0.05) is 19.9 Å². The second kappa shape index (κ2) is 6.92. The highest BCUT2D eigenvalue weighted by Gasteiger charge is 2.31. The van der Waals surface area contributed by atoms with Crippen LogP contribution < -0.4 is 10.5 Å². The molecule has 1 aromatic carbocycles. The van der Waals surface area contributed by atoms with Gasteiger partial charge in [-0.05, 0) is 18.4 Å². The minimum Gasteiger partial charge on any atom is -0.329 e. The Kier molecular flexibility index (Phi) is 5.76. The third-order valence-electron chi connectivity index (χ3n) is 2.77. The van der Waals surface area contributed by atoms with Crippen molar-refractivity contribution in [1.82, 2.24) is 4.72 Å². The molecule has 0 unspecified atom stereocenters. The lowest BCUT2D eigenvalue weighted by atomic mass is 10.1. The van der Waals surface area contributed by atoms with Gasteiger partial charge in [0.2, 0.25) is 0 Å². The van der Waals surface area contributed by atoms with E-state index in [2.05, 4.69) is 4.72 Å². The Hall–Kier alpha value is -1.58. The predicted octanol–water partition coefficient (Wildman–Crippen LogP) is 1.39. The van der Waals surface area contributed by atoms with Crippen LogP contribution in [0.15, 0.2) is 23.1 Å². The summed E-state index contributed by atoms with van der Waals surface area (Å²) in [5.41, 5.74) is 4.68. The number of nitrogens with one attached hydrogen (secondary N) is 1. The molecule has 0 fully saturated rings. The van der Waals surface area contributed by atoms with Crippen molar-refractivity contribution >= 4 is 15.7 Å². The van der Waals surface area contributed by atoms with Gasteiger partial charge in [0.05, 0.1) is 4.92 Å². The third-order valence-corrected chi connectivity index (χ3v) is 4.36. The molecule has 9 heteroatoms. The van der Waals surface area contributed by atoms with E-state index >= 15 is 0 Å². The van der Waals surface area contributed by atoms with E-state index in [1.54, 1.807) is 0 Å². The van der Waals surface area contributed by atoms with Crippen LogP contribution in [0.25, 0.3) is 0 Å². The first kappa shape index (κ1) is 17.5. The summed E-state index contributed by atoms with van der Waals surface area (Å²) in [5.74, 6) is -1.01. The van der Waals surface area contributed by atoms with Gasteiger partial charge in [0.25, 0.3) is 15.7 Å². The summed E-state index contributed by atoms with van der Waals surface area (Å²) in [7, 11) is -4.37. The van der Waals surface area contributed by atoms with E-state index in [1.165, 1.54) is 0 Å². The highest BCUT2D eigenvalue weighted by molar-refractivity contribution is 7.89. The van der Waals surface area contributed by atoms with Gasteiger partial charge < -0.3 is 5.73 Å². The van der Waals surface area contributed by atoms with Gasteiger partial charge in [-0.3, -0.25) is 10.1 Å². The lowest BCUT2D eigenvalue weighted by Gasteiger charge is -2.18. The Labute approximate surface area is 122 Å². The molecule has 1 aromatic rings.